The number of carbonyl (C=O) groups is 3. The Hall–Kier alpha value is -2.45. The van der Waals surface area contributed by atoms with Gasteiger partial charge in [0.15, 0.2) is 0 Å². The summed E-state index contributed by atoms with van der Waals surface area (Å²) in [5.74, 6) is -0.810. The molecule has 0 bridgehead atoms. The third kappa shape index (κ3) is 4.18. The molecule has 2 saturated heterocycles. The smallest absolute Gasteiger partial charge is 0.338 e. The Balaban J connectivity index is 1.76. The molecule has 1 aromatic carbocycles. The Bertz CT molecular complexity index is 756. The van der Waals surface area contributed by atoms with Gasteiger partial charge in [-0.2, -0.15) is 0 Å². The zero-order chi connectivity index (χ0) is 20.5. The number of hydrogen-bond acceptors (Lipinski definition) is 7. The van der Waals surface area contributed by atoms with Crippen LogP contribution < -0.4 is 10.2 Å². The van der Waals surface area contributed by atoms with Gasteiger partial charge in [0.05, 0.1) is 18.8 Å². The van der Waals surface area contributed by atoms with Gasteiger partial charge in [-0.25, -0.2) is 4.79 Å². The van der Waals surface area contributed by atoms with Gasteiger partial charge < -0.3 is 14.8 Å². The summed E-state index contributed by atoms with van der Waals surface area (Å²) in [6, 6.07) is 5.78. The van der Waals surface area contributed by atoms with Crippen LogP contribution in [-0.2, 0) is 19.1 Å². The van der Waals surface area contributed by atoms with E-state index in [0.717, 1.165) is 0 Å². The number of piperazine rings is 1. The molecule has 0 spiro atoms. The highest BCUT2D eigenvalue weighted by Gasteiger charge is 2.47. The number of benzene rings is 1. The molecule has 152 valence electrons. The van der Waals surface area contributed by atoms with Crippen molar-refractivity contribution in [2.75, 3.05) is 31.3 Å². The second kappa shape index (κ2) is 7.89. The second-order valence-corrected chi connectivity index (χ2v) is 7.91. The molecule has 0 aliphatic carbocycles. The minimum absolute atomic E-state index is 0.0790. The van der Waals surface area contributed by atoms with Crippen molar-refractivity contribution >= 4 is 23.5 Å². The van der Waals surface area contributed by atoms with Gasteiger partial charge in [-0.3, -0.25) is 19.4 Å². The summed E-state index contributed by atoms with van der Waals surface area (Å²) in [5.41, 5.74) is 0.523. The molecule has 1 N–H and O–H groups in total. The molecule has 2 aliphatic heterocycles. The monoisotopic (exact) mass is 389 g/mol. The van der Waals surface area contributed by atoms with E-state index in [-0.39, 0.29) is 11.9 Å². The lowest BCUT2D eigenvalue weighted by Crippen LogP contribution is -2.60. The molecule has 1 aromatic rings. The summed E-state index contributed by atoms with van der Waals surface area (Å²) in [5, 5.41) is 3.16. The average Bonchev–Trinajstić information content (AvgIpc) is 2.97. The summed E-state index contributed by atoms with van der Waals surface area (Å²) in [6.07, 6.45) is 0. The SMILES string of the molecule is CCOC(=O)c1ccc(N2CN3C(C(=O)OC(C)(C)C)CNCC3C2=O)cc1. The molecule has 2 fully saturated rings. The molecule has 0 saturated carbocycles. The van der Waals surface area contributed by atoms with Crippen molar-refractivity contribution in [1.82, 2.24) is 10.2 Å². The van der Waals surface area contributed by atoms with Crippen LogP contribution in [0.4, 0.5) is 5.69 Å². The second-order valence-electron chi connectivity index (χ2n) is 7.91. The maximum Gasteiger partial charge on any atom is 0.338 e. The van der Waals surface area contributed by atoms with E-state index in [4.69, 9.17) is 9.47 Å². The standard InChI is InChI=1S/C20H27N3O5/c1-5-27-18(25)13-6-8-14(9-7-13)22-12-23-15(17(22)24)10-21-11-16(23)19(26)28-20(2,3)4/h6-9,15-16,21H,5,10-12H2,1-4H3. The average molecular weight is 389 g/mol. The molecule has 1 amide bonds. The Morgan fingerprint density at radius 1 is 1.18 bits per heavy atom. The predicted octanol–water partition coefficient (Wildman–Crippen LogP) is 1.15. The third-order valence-electron chi connectivity index (χ3n) is 4.70. The number of ether oxygens (including phenoxy) is 2. The summed E-state index contributed by atoms with van der Waals surface area (Å²) < 4.78 is 10.5. The van der Waals surface area contributed by atoms with Gasteiger partial charge in [-0.1, -0.05) is 0 Å². The van der Waals surface area contributed by atoms with Crippen molar-refractivity contribution in [3.63, 3.8) is 0 Å². The number of hydrogen-bond donors (Lipinski definition) is 1. The van der Waals surface area contributed by atoms with Crippen molar-refractivity contribution in [2.45, 2.75) is 45.4 Å². The first-order valence-electron chi connectivity index (χ1n) is 9.49. The fourth-order valence-electron chi connectivity index (χ4n) is 3.44. The first kappa shape index (κ1) is 20.3. The highest BCUT2D eigenvalue weighted by Crippen LogP contribution is 2.27. The van der Waals surface area contributed by atoms with E-state index in [0.29, 0.717) is 37.6 Å². The van der Waals surface area contributed by atoms with E-state index >= 15 is 0 Å². The van der Waals surface area contributed by atoms with Crippen LogP contribution in [0.25, 0.3) is 0 Å². The van der Waals surface area contributed by atoms with E-state index in [1.165, 1.54) is 0 Å². The lowest BCUT2D eigenvalue weighted by atomic mass is 10.1. The molecule has 2 unspecified atom stereocenters. The van der Waals surface area contributed by atoms with Crippen LogP contribution >= 0.6 is 0 Å². The van der Waals surface area contributed by atoms with E-state index in [2.05, 4.69) is 5.32 Å². The van der Waals surface area contributed by atoms with E-state index in [1.54, 1.807) is 36.1 Å². The molecule has 8 heteroatoms. The molecule has 28 heavy (non-hydrogen) atoms. The van der Waals surface area contributed by atoms with Crippen LogP contribution in [0.2, 0.25) is 0 Å². The summed E-state index contributed by atoms with van der Waals surface area (Å²) in [6.45, 7) is 8.75. The number of carbonyl (C=O) groups excluding carboxylic acids is 3. The number of nitrogens with zero attached hydrogens (tertiary/aromatic N) is 2. The number of nitrogens with one attached hydrogen (secondary N) is 1. The number of esters is 2. The van der Waals surface area contributed by atoms with Gasteiger partial charge in [0.2, 0.25) is 5.91 Å². The zero-order valence-electron chi connectivity index (χ0n) is 16.7. The molecule has 8 nitrogen and oxygen atoms in total. The summed E-state index contributed by atoms with van der Waals surface area (Å²) >= 11 is 0. The first-order chi connectivity index (χ1) is 13.2. The lowest BCUT2D eigenvalue weighted by molar-refractivity contribution is -0.162. The Morgan fingerprint density at radius 3 is 2.46 bits per heavy atom. The molecule has 3 rings (SSSR count). The van der Waals surface area contributed by atoms with Crippen molar-refractivity contribution < 1.29 is 23.9 Å². The number of fused-ring (bicyclic) bond motifs is 1. The quantitative estimate of drug-likeness (QED) is 0.773. The van der Waals surface area contributed by atoms with Crippen molar-refractivity contribution in [3.05, 3.63) is 29.8 Å². The maximum atomic E-state index is 12.9. The minimum atomic E-state index is -0.587. The van der Waals surface area contributed by atoms with Gasteiger partial charge in [-0.15, -0.1) is 0 Å². The van der Waals surface area contributed by atoms with Gasteiger partial charge in [-0.05, 0) is 52.0 Å². The number of amides is 1. The van der Waals surface area contributed by atoms with Crippen LogP contribution in [0.5, 0.6) is 0 Å². The summed E-state index contributed by atoms with van der Waals surface area (Å²) in [7, 11) is 0. The molecule has 2 heterocycles. The van der Waals surface area contributed by atoms with E-state index < -0.39 is 23.7 Å². The molecular formula is C20H27N3O5. The Kier molecular flexibility index (Phi) is 5.71. The fraction of sp³-hybridized carbons (Fsp3) is 0.550. The fourth-order valence-corrected chi connectivity index (χ4v) is 3.44. The third-order valence-corrected chi connectivity index (χ3v) is 4.70. The van der Waals surface area contributed by atoms with Crippen molar-refractivity contribution in [2.24, 2.45) is 0 Å². The lowest BCUT2D eigenvalue weighted by Gasteiger charge is -2.35. The summed E-state index contributed by atoms with van der Waals surface area (Å²) in [4.78, 5) is 40.8. The van der Waals surface area contributed by atoms with Crippen molar-refractivity contribution in [1.29, 1.82) is 0 Å². The Labute approximate surface area is 164 Å². The van der Waals surface area contributed by atoms with Gasteiger partial charge in [0, 0.05) is 18.8 Å². The normalized spacial score (nSPS) is 22.7. The maximum absolute atomic E-state index is 12.9. The van der Waals surface area contributed by atoms with Crippen molar-refractivity contribution in [3.8, 4) is 0 Å². The largest absolute Gasteiger partial charge is 0.462 e. The van der Waals surface area contributed by atoms with E-state index in [1.807, 2.05) is 25.7 Å². The van der Waals surface area contributed by atoms with Crippen LogP contribution in [0, 0.1) is 0 Å². The molecule has 2 atom stereocenters. The number of anilines is 1. The van der Waals surface area contributed by atoms with Gasteiger partial charge in [0.1, 0.15) is 17.7 Å². The van der Waals surface area contributed by atoms with Gasteiger partial charge in [0.25, 0.3) is 0 Å². The first-order valence-corrected chi connectivity index (χ1v) is 9.49. The molecule has 0 radical (unpaired) electrons. The predicted molar refractivity (Wildman–Crippen MR) is 103 cm³/mol. The van der Waals surface area contributed by atoms with E-state index in [9.17, 15) is 14.4 Å². The Morgan fingerprint density at radius 2 is 1.86 bits per heavy atom. The minimum Gasteiger partial charge on any atom is -0.462 e. The highest BCUT2D eigenvalue weighted by molar-refractivity contribution is 6.00. The van der Waals surface area contributed by atoms with Crippen LogP contribution in [0.1, 0.15) is 38.1 Å². The zero-order valence-corrected chi connectivity index (χ0v) is 16.7. The van der Waals surface area contributed by atoms with Crippen LogP contribution in [0.15, 0.2) is 24.3 Å². The molecular weight excluding hydrogens is 362 g/mol. The highest BCUT2D eigenvalue weighted by atomic mass is 16.6. The topological polar surface area (TPSA) is 88.2 Å². The van der Waals surface area contributed by atoms with Crippen LogP contribution in [-0.4, -0.2) is 66.8 Å². The molecule has 2 aliphatic rings. The van der Waals surface area contributed by atoms with Crippen LogP contribution in [0.3, 0.4) is 0 Å². The molecule has 0 aromatic heterocycles. The van der Waals surface area contributed by atoms with Gasteiger partial charge >= 0.3 is 11.9 Å². The number of rotatable bonds is 4.